The van der Waals surface area contributed by atoms with Gasteiger partial charge < -0.3 is 24.7 Å². The first-order chi connectivity index (χ1) is 13.4. The number of rotatable bonds is 12. The number of unbranched alkanes of at least 4 members (excludes halogenated alkanes) is 4. The van der Waals surface area contributed by atoms with Gasteiger partial charge in [0.2, 0.25) is 0 Å². The molecule has 0 unspecified atom stereocenters. The molecule has 0 aliphatic rings. The Morgan fingerprint density at radius 2 is 1.00 bits per heavy atom. The van der Waals surface area contributed by atoms with E-state index in [2.05, 4.69) is 27.7 Å². The number of para-hydroxylation sites is 1. The Balaban J connectivity index is 0. The highest BCUT2D eigenvalue weighted by Crippen LogP contribution is 2.16. The molecule has 0 amide bonds. The summed E-state index contributed by atoms with van der Waals surface area (Å²) >= 11 is 0. The predicted molar refractivity (Wildman–Crippen MR) is 118 cm³/mol. The second-order valence-electron chi connectivity index (χ2n) is 7.31. The van der Waals surface area contributed by atoms with Crippen molar-refractivity contribution in [2.45, 2.75) is 79.1 Å². The normalized spacial score (nSPS) is 10.4. The minimum absolute atomic E-state index is 0.322. The highest BCUT2D eigenvalue weighted by molar-refractivity contribution is 6.28. The summed E-state index contributed by atoms with van der Waals surface area (Å²) in [7, 11) is -2.42. The largest absolute Gasteiger partial charge is 0.832 e. The van der Waals surface area contributed by atoms with Crippen LogP contribution >= 0.6 is 0 Å². The Morgan fingerprint density at radius 3 is 1.18 bits per heavy atom. The third-order valence-electron chi connectivity index (χ3n) is 4.70. The molecule has 0 aromatic heterocycles. The summed E-state index contributed by atoms with van der Waals surface area (Å²) in [6, 6.07) is 8.71. The summed E-state index contributed by atoms with van der Waals surface area (Å²) in [6.45, 7) is 15.0. The van der Waals surface area contributed by atoms with E-state index in [4.69, 9.17) is 20.2 Å². The van der Waals surface area contributed by atoms with Crippen LogP contribution in [-0.4, -0.2) is 53.1 Å². The number of phenols is 1. The van der Waals surface area contributed by atoms with Gasteiger partial charge in [-0.25, -0.2) is 0 Å². The van der Waals surface area contributed by atoms with E-state index < -0.39 is 7.32 Å². The maximum Gasteiger partial charge on any atom is 0.339 e. The summed E-state index contributed by atoms with van der Waals surface area (Å²) in [4.78, 5) is 0. The fourth-order valence-corrected chi connectivity index (χ4v) is 3.07. The minimum Gasteiger partial charge on any atom is -0.832 e. The molecule has 164 valence electrons. The predicted octanol–water partition coefficient (Wildman–Crippen LogP) is 3.71. The van der Waals surface area contributed by atoms with Crippen LogP contribution in [0, 0.1) is 0 Å². The molecule has 0 saturated heterocycles. The van der Waals surface area contributed by atoms with Gasteiger partial charge in [-0.1, -0.05) is 71.6 Å². The van der Waals surface area contributed by atoms with Crippen LogP contribution in [0.4, 0.5) is 0 Å². The lowest BCUT2D eigenvalue weighted by Crippen LogP contribution is -2.50. The molecule has 0 aliphatic carbocycles. The molecular weight excluding hydrogens is 353 g/mol. The van der Waals surface area contributed by atoms with E-state index in [0.717, 1.165) is 0 Å². The van der Waals surface area contributed by atoms with Gasteiger partial charge in [0.1, 0.15) is 5.75 Å². The van der Waals surface area contributed by atoms with E-state index in [1.54, 1.807) is 24.3 Å². The van der Waals surface area contributed by atoms with Gasteiger partial charge in [0, 0.05) is 0 Å². The molecule has 3 N–H and O–H groups in total. The van der Waals surface area contributed by atoms with E-state index in [1.165, 1.54) is 82.0 Å². The topological polar surface area (TPSA) is 83.8 Å². The summed E-state index contributed by atoms with van der Waals surface area (Å²) in [6.07, 6.45) is 11.1. The molecule has 0 spiro atoms. The maximum atomic E-state index is 8.64. The average Bonchev–Trinajstić information content (AvgIpc) is 2.67. The Hall–Kier alpha value is -1.08. The van der Waals surface area contributed by atoms with Gasteiger partial charge in [-0.2, -0.15) is 0 Å². The molecule has 6 heteroatoms. The van der Waals surface area contributed by atoms with Gasteiger partial charge in [0.25, 0.3) is 0 Å². The van der Waals surface area contributed by atoms with Crippen molar-refractivity contribution in [2.24, 2.45) is 0 Å². The van der Waals surface area contributed by atoms with Crippen LogP contribution in [0.2, 0.25) is 0 Å². The fraction of sp³-hybridized carbons (Fsp3) is 0.727. The van der Waals surface area contributed by atoms with E-state index in [1.807, 2.05) is 6.07 Å². The number of nitrogens with zero attached hydrogens (tertiary/aromatic N) is 1. The number of hydrogen-bond donors (Lipinski definition) is 3. The molecule has 0 saturated carbocycles. The van der Waals surface area contributed by atoms with Crippen LogP contribution in [0.5, 0.6) is 5.75 Å². The first-order valence-electron chi connectivity index (χ1n) is 11.0. The van der Waals surface area contributed by atoms with Crippen LogP contribution in [-0.2, 0) is 0 Å². The number of benzene rings is 1. The fourth-order valence-electron chi connectivity index (χ4n) is 3.07. The standard InChI is InChI=1S/C16H36N.C6H6O.BH2O3/c1-5-9-13-17(14-10-6-2,15-11-7-3)16-12-8-4;7-6-4-2-1-3-5-6;2-1(3)4/h5-16H2,1-4H3;1-5,7H;2-3H/q+1;;-1. The molecule has 1 aromatic rings. The second-order valence-corrected chi connectivity index (χ2v) is 7.31. The molecular formula is C22H44BNO4. The van der Waals surface area contributed by atoms with Crippen LogP contribution in [0.25, 0.3) is 0 Å². The summed E-state index contributed by atoms with van der Waals surface area (Å²) < 4.78 is 1.42. The zero-order valence-corrected chi connectivity index (χ0v) is 18.6. The van der Waals surface area contributed by atoms with Crippen molar-refractivity contribution in [3.63, 3.8) is 0 Å². The zero-order chi connectivity index (χ0) is 21.7. The minimum atomic E-state index is -2.42. The Morgan fingerprint density at radius 1 is 0.714 bits per heavy atom. The van der Waals surface area contributed by atoms with Crippen molar-refractivity contribution in [2.75, 3.05) is 26.2 Å². The molecule has 0 atom stereocenters. The lowest BCUT2D eigenvalue weighted by Gasteiger charge is -2.39. The van der Waals surface area contributed by atoms with E-state index >= 15 is 0 Å². The number of phenolic OH excluding ortho intramolecular Hbond substituents is 1. The molecule has 0 radical (unpaired) electrons. The van der Waals surface area contributed by atoms with Crippen molar-refractivity contribution in [3.05, 3.63) is 30.3 Å². The first-order valence-corrected chi connectivity index (χ1v) is 11.0. The molecule has 1 rings (SSSR count). The Labute approximate surface area is 173 Å². The van der Waals surface area contributed by atoms with Gasteiger partial charge >= 0.3 is 7.32 Å². The van der Waals surface area contributed by atoms with Crippen LogP contribution < -0.4 is 5.02 Å². The van der Waals surface area contributed by atoms with Gasteiger partial charge in [0.05, 0.1) is 26.2 Å². The third-order valence-corrected chi connectivity index (χ3v) is 4.70. The van der Waals surface area contributed by atoms with Crippen molar-refractivity contribution in [1.29, 1.82) is 0 Å². The number of quaternary nitrogens is 1. The molecule has 0 heterocycles. The van der Waals surface area contributed by atoms with Crippen molar-refractivity contribution < 1.29 is 24.7 Å². The Kier molecular flexibility index (Phi) is 21.5. The zero-order valence-electron chi connectivity index (χ0n) is 18.6. The third kappa shape index (κ3) is 19.7. The lowest BCUT2D eigenvalue weighted by atomic mass is 10.1. The average molecular weight is 397 g/mol. The van der Waals surface area contributed by atoms with Crippen LogP contribution in [0.1, 0.15) is 79.1 Å². The molecule has 1 aromatic carbocycles. The van der Waals surface area contributed by atoms with Crippen molar-refractivity contribution in [3.8, 4) is 5.75 Å². The molecule has 5 nitrogen and oxygen atoms in total. The number of aromatic hydroxyl groups is 1. The smallest absolute Gasteiger partial charge is 0.339 e. The maximum absolute atomic E-state index is 8.64. The molecule has 28 heavy (non-hydrogen) atoms. The summed E-state index contributed by atoms with van der Waals surface area (Å²) in [5.74, 6) is 0.322. The Bertz CT molecular complexity index is 378. The number of hydrogen-bond acceptors (Lipinski definition) is 4. The summed E-state index contributed by atoms with van der Waals surface area (Å²) in [5, 5.41) is 31.4. The van der Waals surface area contributed by atoms with Crippen LogP contribution in [0.15, 0.2) is 30.3 Å². The van der Waals surface area contributed by atoms with Crippen LogP contribution in [0.3, 0.4) is 0 Å². The highest BCUT2D eigenvalue weighted by Gasteiger charge is 2.24. The van der Waals surface area contributed by atoms with Gasteiger partial charge in [-0.3, -0.25) is 0 Å². The lowest BCUT2D eigenvalue weighted by molar-refractivity contribution is -0.929. The monoisotopic (exact) mass is 397 g/mol. The van der Waals surface area contributed by atoms with E-state index in [0.29, 0.717) is 5.75 Å². The van der Waals surface area contributed by atoms with E-state index in [-0.39, 0.29) is 0 Å². The first kappa shape index (κ1) is 29.1. The van der Waals surface area contributed by atoms with Crippen molar-refractivity contribution in [1.82, 2.24) is 0 Å². The quantitative estimate of drug-likeness (QED) is 0.371. The van der Waals surface area contributed by atoms with Gasteiger partial charge in [-0.05, 0) is 37.8 Å². The van der Waals surface area contributed by atoms with Gasteiger partial charge in [0.15, 0.2) is 0 Å². The molecule has 0 fully saturated rings. The SMILES string of the molecule is CCCC[N+](CCCC)(CCCC)CCCC.Oc1ccccc1.[O-]B(O)O. The van der Waals surface area contributed by atoms with Crippen molar-refractivity contribution >= 4 is 7.32 Å². The van der Waals surface area contributed by atoms with E-state index in [9.17, 15) is 0 Å². The molecule has 0 aliphatic heterocycles. The highest BCUT2D eigenvalue weighted by atomic mass is 16.5. The van der Waals surface area contributed by atoms with Gasteiger partial charge in [-0.15, -0.1) is 0 Å². The molecule has 0 bridgehead atoms. The summed E-state index contributed by atoms with van der Waals surface area (Å²) in [5.41, 5.74) is 0. The second kappa shape index (κ2) is 20.7.